The normalized spacial score (nSPS) is 15.3. The first kappa shape index (κ1) is 12.9. The fourth-order valence-electron chi connectivity index (χ4n) is 2.54. The molecule has 0 saturated carbocycles. The van der Waals surface area contributed by atoms with Crippen molar-refractivity contribution in [1.29, 1.82) is 0 Å². The van der Waals surface area contributed by atoms with Gasteiger partial charge in [-0.3, -0.25) is 0 Å². The topological polar surface area (TPSA) is 9.23 Å². The van der Waals surface area contributed by atoms with Gasteiger partial charge in [-0.2, -0.15) is 0 Å². The molecule has 0 aromatic heterocycles. The second kappa shape index (κ2) is 5.48. The molecule has 19 heavy (non-hydrogen) atoms. The molecule has 1 unspecified atom stereocenters. The van der Waals surface area contributed by atoms with E-state index >= 15 is 0 Å². The Labute approximate surface area is 122 Å². The standard InChI is InChI=1S/C17H17BrO/c1-12-4-2-3-5-13(12)9-17(18)14-6-7-15-10-19-11-16(15)8-14/h2-8,17H,9-11H2,1H3. The molecule has 0 aliphatic carbocycles. The van der Waals surface area contributed by atoms with Crippen LogP contribution in [0.3, 0.4) is 0 Å². The van der Waals surface area contributed by atoms with E-state index in [2.05, 4.69) is 65.3 Å². The molecule has 1 heterocycles. The van der Waals surface area contributed by atoms with Gasteiger partial charge in [0.15, 0.2) is 0 Å². The van der Waals surface area contributed by atoms with Gasteiger partial charge in [0.05, 0.1) is 13.2 Å². The van der Waals surface area contributed by atoms with E-state index in [9.17, 15) is 0 Å². The Balaban J connectivity index is 1.81. The molecule has 1 nitrogen and oxygen atoms in total. The molecule has 98 valence electrons. The second-order valence-electron chi connectivity index (χ2n) is 5.12. The van der Waals surface area contributed by atoms with Gasteiger partial charge in [0.2, 0.25) is 0 Å². The Morgan fingerprint density at radius 3 is 2.74 bits per heavy atom. The third kappa shape index (κ3) is 2.75. The maximum atomic E-state index is 5.47. The van der Waals surface area contributed by atoms with Gasteiger partial charge in [0.1, 0.15) is 0 Å². The van der Waals surface area contributed by atoms with Crippen molar-refractivity contribution in [2.75, 3.05) is 0 Å². The second-order valence-corrected chi connectivity index (χ2v) is 6.22. The lowest BCUT2D eigenvalue weighted by Gasteiger charge is -2.13. The summed E-state index contributed by atoms with van der Waals surface area (Å²) in [4.78, 5) is 0.361. The quantitative estimate of drug-likeness (QED) is 0.745. The van der Waals surface area contributed by atoms with Gasteiger partial charge in [0.25, 0.3) is 0 Å². The summed E-state index contributed by atoms with van der Waals surface area (Å²) < 4.78 is 5.47. The van der Waals surface area contributed by atoms with E-state index < -0.39 is 0 Å². The molecule has 0 N–H and O–H groups in total. The van der Waals surface area contributed by atoms with Crippen LogP contribution in [0.2, 0.25) is 0 Å². The number of fused-ring (bicyclic) bond motifs is 1. The van der Waals surface area contributed by atoms with Crippen molar-refractivity contribution in [2.45, 2.75) is 31.4 Å². The van der Waals surface area contributed by atoms with E-state index in [1.54, 1.807) is 0 Å². The van der Waals surface area contributed by atoms with Crippen molar-refractivity contribution in [3.63, 3.8) is 0 Å². The van der Waals surface area contributed by atoms with Crippen LogP contribution in [0.25, 0.3) is 0 Å². The minimum absolute atomic E-state index is 0.361. The van der Waals surface area contributed by atoms with Gasteiger partial charge in [0, 0.05) is 4.83 Å². The number of hydrogen-bond acceptors (Lipinski definition) is 1. The number of halogens is 1. The largest absolute Gasteiger partial charge is 0.372 e. The van der Waals surface area contributed by atoms with E-state index in [0.29, 0.717) is 4.83 Å². The van der Waals surface area contributed by atoms with Gasteiger partial charge < -0.3 is 4.74 Å². The number of rotatable bonds is 3. The van der Waals surface area contributed by atoms with E-state index in [4.69, 9.17) is 4.74 Å². The lowest BCUT2D eigenvalue weighted by Crippen LogP contribution is -1.98. The highest BCUT2D eigenvalue weighted by atomic mass is 79.9. The van der Waals surface area contributed by atoms with Gasteiger partial charge in [-0.1, -0.05) is 58.4 Å². The van der Waals surface area contributed by atoms with E-state index in [1.165, 1.54) is 27.8 Å². The van der Waals surface area contributed by atoms with Crippen LogP contribution in [-0.2, 0) is 24.4 Å². The third-order valence-corrected chi connectivity index (χ3v) is 4.62. The Kier molecular flexibility index (Phi) is 3.72. The summed E-state index contributed by atoms with van der Waals surface area (Å²) in [5.74, 6) is 0. The fourth-order valence-corrected chi connectivity index (χ4v) is 3.17. The van der Waals surface area contributed by atoms with Crippen molar-refractivity contribution in [3.05, 3.63) is 70.3 Å². The van der Waals surface area contributed by atoms with E-state index in [-0.39, 0.29) is 0 Å². The van der Waals surface area contributed by atoms with Crippen LogP contribution in [0.4, 0.5) is 0 Å². The molecule has 0 amide bonds. The predicted octanol–water partition coefficient (Wildman–Crippen LogP) is 4.70. The zero-order valence-corrected chi connectivity index (χ0v) is 12.6. The highest BCUT2D eigenvalue weighted by molar-refractivity contribution is 9.09. The summed E-state index contributed by atoms with van der Waals surface area (Å²) in [6.45, 7) is 3.69. The van der Waals surface area contributed by atoms with Gasteiger partial charge in [-0.05, 0) is 41.2 Å². The summed E-state index contributed by atoms with van der Waals surface area (Å²) in [7, 11) is 0. The summed E-state index contributed by atoms with van der Waals surface area (Å²) in [5, 5.41) is 0. The lowest BCUT2D eigenvalue weighted by atomic mass is 9.98. The summed E-state index contributed by atoms with van der Waals surface area (Å²) in [6.07, 6.45) is 1.02. The number of hydrogen-bond donors (Lipinski definition) is 0. The molecule has 2 aromatic carbocycles. The number of ether oxygens (including phenoxy) is 1. The lowest BCUT2D eigenvalue weighted by molar-refractivity contribution is 0.134. The first-order valence-electron chi connectivity index (χ1n) is 6.62. The molecular formula is C17H17BrO. The molecule has 0 bridgehead atoms. The van der Waals surface area contributed by atoms with Crippen LogP contribution in [0.5, 0.6) is 0 Å². The number of alkyl halides is 1. The maximum absolute atomic E-state index is 5.47. The molecule has 0 saturated heterocycles. The van der Waals surface area contributed by atoms with Crippen LogP contribution < -0.4 is 0 Å². The highest BCUT2D eigenvalue weighted by Crippen LogP contribution is 2.31. The summed E-state index contributed by atoms with van der Waals surface area (Å²) >= 11 is 3.82. The predicted molar refractivity (Wildman–Crippen MR) is 81.5 cm³/mol. The first-order chi connectivity index (χ1) is 9.24. The van der Waals surface area contributed by atoms with E-state index in [1.807, 2.05) is 0 Å². The minimum Gasteiger partial charge on any atom is -0.372 e. The van der Waals surface area contributed by atoms with Crippen molar-refractivity contribution < 1.29 is 4.74 Å². The molecule has 1 atom stereocenters. The molecule has 2 heteroatoms. The molecule has 0 fully saturated rings. The maximum Gasteiger partial charge on any atom is 0.0725 e. The fraction of sp³-hybridized carbons (Fsp3) is 0.294. The van der Waals surface area contributed by atoms with Gasteiger partial charge in [-0.25, -0.2) is 0 Å². The summed E-state index contributed by atoms with van der Waals surface area (Å²) in [6, 6.07) is 15.3. The van der Waals surface area contributed by atoms with Crippen molar-refractivity contribution in [2.24, 2.45) is 0 Å². The Morgan fingerprint density at radius 1 is 1.11 bits per heavy atom. The Morgan fingerprint density at radius 2 is 1.89 bits per heavy atom. The van der Waals surface area contributed by atoms with Crippen LogP contribution >= 0.6 is 15.9 Å². The first-order valence-corrected chi connectivity index (χ1v) is 7.53. The van der Waals surface area contributed by atoms with Gasteiger partial charge in [-0.15, -0.1) is 0 Å². The van der Waals surface area contributed by atoms with Crippen LogP contribution in [-0.4, -0.2) is 0 Å². The zero-order chi connectivity index (χ0) is 13.2. The Bertz CT molecular complexity index is 592. The minimum atomic E-state index is 0.361. The number of benzene rings is 2. The Hall–Kier alpha value is -1.12. The zero-order valence-electron chi connectivity index (χ0n) is 11.0. The van der Waals surface area contributed by atoms with Crippen molar-refractivity contribution in [3.8, 4) is 0 Å². The average Bonchev–Trinajstić information content (AvgIpc) is 2.88. The molecule has 3 rings (SSSR count). The molecule has 1 aliphatic heterocycles. The van der Waals surface area contributed by atoms with Gasteiger partial charge >= 0.3 is 0 Å². The van der Waals surface area contributed by atoms with Crippen LogP contribution in [0, 0.1) is 6.92 Å². The smallest absolute Gasteiger partial charge is 0.0725 e. The molecular weight excluding hydrogens is 300 g/mol. The van der Waals surface area contributed by atoms with Crippen molar-refractivity contribution >= 4 is 15.9 Å². The monoisotopic (exact) mass is 316 g/mol. The molecule has 0 radical (unpaired) electrons. The molecule has 0 spiro atoms. The molecule has 2 aromatic rings. The van der Waals surface area contributed by atoms with E-state index in [0.717, 1.165) is 19.6 Å². The molecule has 1 aliphatic rings. The third-order valence-electron chi connectivity index (χ3n) is 3.77. The van der Waals surface area contributed by atoms with Crippen molar-refractivity contribution in [1.82, 2.24) is 0 Å². The average molecular weight is 317 g/mol. The SMILES string of the molecule is Cc1ccccc1CC(Br)c1ccc2c(c1)COC2. The van der Waals surface area contributed by atoms with Crippen LogP contribution in [0.15, 0.2) is 42.5 Å². The van der Waals surface area contributed by atoms with Crippen LogP contribution in [0.1, 0.15) is 32.6 Å². The highest BCUT2D eigenvalue weighted by Gasteiger charge is 2.15. The number of aryl methyl sites for hydroxylation is 1. The summed E-state index contributed by atoms with van der Waals surface area (Å²) in [5.41, 5.74) is 6.77.